The maximum absolute atomic E-state index is 12.8. The number of anilines is 2. The van der Waals surface area contributed by atoms with Crippen LogP contribution in [0.2, 0.25) is 0 Å². The molecule has 0 saturated heterocycles. The minimum absolute atomic E-state index is 0.164. The van der Waals surface area contributed by atoms with Crippen LogP contribution in [-0.4, -0.2) is 40.5 Å². The van der Waals surface area contributed by atoms with Gasteiger partial charge in [-0.05, 0) is 62.1 Å². The number of rotatable bonds is 8. The number of amides is 1. The van der Waals surface area contributed by atoms with Crippen LogP contribution in [0.4, 0.5) is 11.4 Å². The van der Waals surface area contributed by atoms with Crippen LogP contribution in [0.15, 0.2) is 53.4 Å². The van der Waals surface area contributed by atoms with Gasteiger partial charge in [-0.2, -0.15) is 0 Å². The average Bonchev–Trinajstić information content (AvgIpc) is 3.50. The maximum atomic E-state index is 12.8. The lowest BCUT2D eigenvalue weighted by atomic mass is 10.2. The Morgan fingerprint density at radius 1 is 1.17 bits per heavy atom. The van der Waals surface area contributed by atoms with Gasteiger partial charge in [0.05, 0.1) is 4.90 Å². The summed E-state index contributed by atoms with van der Waals surface area (Å²) in [6.07, 6.45) is 2.65. The van der Waals surface area contributed by atoms with E-state index in [4.69, 9.17) is 0 Å². The summed E-state index contributed by atoms with van der Waals surface area (Å²) in [6.45, 7) is 4.42. The Labute approximate surface area is 172 Å². The van der Waals surface area contributed by atoms with E-state index in [9.17, 15) is 13.2 Å². The van der Waals surface area contributed by atoms with Gasteiger partial charge in [0.1, 0.15) is 0 Å². The second-order valence-electron chi connectivity index (χ2n) is 7.62. The second-order valence-corrected chi connectivity index (χ2v) is 9.38. The topological polar surface area (TPSA) is 69.7 Å². The van der Waals surface area contributed by atoms with Gasteiger partial charge in [0.25, 0.3) is 0 Å². The predicted molar refractivity (Wildman–Crippen MR) is 115 cm³/mol. The molecular formula is C22H27N3O3S. The largest absolute Gasteiger partial charge is 0.370 e. The number of nitrogens with one attached hydrogen (secondary N) is 1. The first-order valence-corrected chi connectivity index (χ1v) is 11.7. The number of likely N-dealkylation sites (N-methyl/N-ethyl adjacent to an activating group) is 1. The third-order valence-electron chi connectivity index (χ3n) is 5.63. The first-order valence-electron chi connectivity index (χ1n) is 10.2. The Morgan fingerprint density at radius 2 is 1.93 bits per heavy atom. The quantitative estimate of drug-likeness (QED) is 0.723. The fourth-order valence-electron chi connectivity index (χ4n) is 3.83. The van der Waals surface area contributed by atoms with Crippen LogP contribution in [0.1, 0.15) is 25.3 Å². The van der Waals surface area contributed by atoms with Crippen molar-refractivity contribution in [2.75, 3.05) is 36.0 Å². The summed E-state index contributed by atoms with van der Waals surface area (Å²) in [4.78, 5) is 16.6. The van der Waals surface area contributed by atoms with E-state index in [0.29, 0.717) is 26.1 Å². The molecule has 0 radical (unpaired) electrons. The van der Waals surface area contributed by atoms with Crippen LogP contribution in [0.25, 0.3) is 0 Å². The molecule has 1 fully saturated rings. The summed E-state index contributed by atoms with van der Waals surface area (Å²) >= 11 is 0. The Hall–Kier alpha value is -2.38. The van der Waals surface area contributed by atoms with Gasteiger partial charge in [-0.25, -0.2) is 13.1 Å². The number of nitrogens with zero attached hydrogens (tertiary/aromatic N) is 2. The molecule has 1 aliphatic heterocycles. The zero-order chi connectivity index (χ0) is 20.4. The van der Waals surface area contributed by atoms with Crippen molar-refractivity contribution in [1.82, 2.24) is 4.72 Å². The number of carbonyl (C=O) groups excluding carboxylic acids is 1. The van der Waals surface area contributed by atoms with Crippen molar-refractivity contribution in [3.63, 3.8) is 0 Å². The standard InChI is InChI=1S/C22H27N3O3S/c1-2-24(19-6-4-3-5-7-19)15-13-23-29(27,28)20-10-11-21-18(16-20)12-14-25(21)22(26)17-8-9-17/h3-7,10-11,16-17,23H,2,8-9,12-15H2,1H3. The molecule has 1 amide bonds. The van der Waals surface area contributed by atoms with Gasteiger partial charge in [-0.1, -0.05) is 18.2 Å². The van der Waals surface area contributed by atoms with E-state index in [-0.39, 0.29) is 16.7 Å². The molecule has 0 bridgehead atoms. The summed E-state index contributed by atoms with van der Waals surface area (Å²) in [5, 5.41) is 0. The van der Waals surface area contributed by atoms with Gasteiger partial charge < -0.3 is 9.80 Å². The summed E-state index contributed by atoms with van der Waals surface area (Å²) < 4.78 is 28.2. The zero-order valence-corrected chi connectivity index (χ0v) is 17.5. The van der Waals surface area contributed by atoms with Crippen molar-refractivity contribution in [2.45, 2.75) is 31.1 Å². The molecule has 1 saturated carbocycles. The molecule has 1 N–H and O–H groups in total. The fraction of sp³-hybridized carbons (Fsp3) is 0.409. The lowest BCUT2D eigenvalue weighted by Crippen LogP contribution is -2.35. The summed E-state index contributed by atoms with van der Waals surface area (Å²) in [6, 6.07) is 15.1. The SMILES string of the molecule is CCN(CCNS(=O)(=O)c1ccc2c(c1)CCN2C(=O)C1CC1)c1ccccc1. The fourth-order valence-corrected chi connectivity index (χ4v) is 4.90. The Bertz CT molecular complexity index is 988. The minimum Gasteiger partial charge on any atom is -0.370 e. The van der Waals surface area contributed by atoms with E-state index in [1.807, 2.05) is 35.2 Å². The molecule has 29 heavy (non-hydrogen) atoms. The Kier molecular flexibility index (Phi) is 5.61. The van der Waals surface area contributed by atoms with Crippen LogP contribution in [0.5, 0.6) is 0 Å². The monoisotopic (exact) mass is 413 g/mol. The van der Waals surface area contributed by atoms with Crippen LogP contribution in [0, 0.1) is 5.92 Å². The Balaban J connectivity index is 1.41. The van der Waals surface area contributed by atoms with Gasteiger partial charge in [0.15, 0.2) is 0 Å². The summed E-state index contributed by atoms with van der Waals surface area (Å²) in [7, 11) is -3.59. The zero-order valence-electron chi connectivity index (χ0n) is 16.7. The third kappa shape index (κ3) is 4.31. The predicted octanol–water partition coefficient (Wildman–Crippen LogP) is 2.79. The number of fused-ring (bicyclic) bond motifs is 1. The van der Waals surface area contributed by atoms with Gasteiger partial charge in [-0.3, -0.25) is 4.79 Å². The van der Waals surface area contributed by atoms with E-state index in [1.54, 1.807) is 18.2 Å². The smallest absolute Gasteiger partial charge is 0.240 e. The highest BCUT2D eigenvalue weighted by atomic mass is 32.2. The first-order chi connectivity index (χ1) is 14.0. The van der Waals surface area contributed by atoms with E-state index >= 15 is 0 Å². The molecule has 2 aliphatic rings. The molecular weight excluding hydrogens is 386 g/mol. The van der Waals surface area contributed by atoms with Crippen LogP contribution >= 0.6 is 0 Å². The molecule has 0 spiro atoms. The molecule has 2 aromatic rings. The van der Waals surface area contributed by atoms with E-state index < -0.39 is 10.0 Å². The number of hydrogen-bond donors (Lipinski definition) is 1. The van der Waals surface area contributed by atoms with Crippen molar-refractivity contribution in [3.05, 3.63) is 54.1 Å². The lowest BCUT2D eigenvalue weighted by Gasteiger charge is -2.23. The number of carbonyl (C=O) groups is 1. The lowest BCUT2D eigenvalue weighted by molar-refractivity contribution is -0.119. The van der Waals surface area contributed by atoms with Crippen LogP contribution < -0.4 is 14.5 Å². The van der Waals surface area contributed by atoms with E-state index in [2.05, 4.69) is 16.5 Å². The minimum atomic E-state index is -3.59. The second kappa shape index (κ2) is 8.16. The highest BCUT2D eigenvalue weighted by Gasteiger charge is 2.36. The summed E-state index contributed by atoms with van der Waals surface area (Å²) in [5.41, 5.74) is 2.87. The molecule has 154 valence electrons. The van der Waals surface area contributed by atoms with Crippen molar-refractivity contribution >= 4 is 27.3 Å². The highest BCUT2D eigenvalue weighted by molar-refractivity contribution is 7.89. The number of benzene rings is 2. The van der Waals surface area contributed by atoms with Crippen LogP contribution in [-0.2, 0) is 21.2 Å². The molecule has 1 aliphatic carbocycles. The van der Waals surface area contributed by atoms with Crippen molar-refractivity contribution < 1.29 is 13.2 Å². The molecule has 2 aromatic carbocycles. The van der Waals surface area contributed by atoms with E-state index in [0.717, 1.165) is 36.3 Å². The molecule has 0 atom stereocenters. The summed E-state index contributed by atoms with van der Waals surface area (Å²) in [5.74, 6) is 0.343. The van der Waals surface area contributed by atoms with Crippen molar-refractivity contribution in [3.8, 4) is 0 Å². The van der Waals surface area contributed by atoms with Crippen molar-refractivity contribution in [2.24, 2.45) is 5.92 Å². The Morgan fingerprint density at radius 3 is 2.62 bits per heavy atom. The third-order valence-corrected chi connectivity index (χ3v) is 7.08. The molecule has 1 heterocycles. The molecule has 0 aromatic heterocycles. The van der Waals surface area contributed by atoms with Crippen molar-refractivity contribution in [1.29, 1.82) is 0 Å². The van der Waals surface area contributed by atoms with Crippen LogP contribution in [0.3, 0.4) is 0 Å². The number of para-hydroxylation sites is 1. The number of sulfonamides is 1. The molecule has 4 rings (SSSR count). The number of hydrogen-bond acceptors (Lipinski definition) is 4. The first kappa shape index (κ1) is 19.9. The normalized spacial score (nSPS) is 16.0. The highest BCUT2D eigenvalue weighted by Crippen LogP contribution is 2.37. The van der Waals surface area contributed by atoms with Gasteiger partial charge in [0.2, 0.25) is 15.9 Å². The van der Waals surface area contributed by atoms with Gasteiger partial charge in [0, 0.05) is 43.5 Å². The average molecular weight is 414 g/mol. The molecule has 7 heteroatoms. The van der Waals surface area contributed by atoms with E-state index in [1.165, 1.54) is 0 Å². The van der Waals surface area contributed by atoms with Gasteiger partial charge in [-0.15, -0.1) is 0 Å². The maximum Gasteiger partial charge on any atom is 0.240 e. The van der Waals surface area contributed by atoms with Gasteiger partial charge >= 0.3 is 0 Å². The molecule has 0 unspecified atom stereocenters. The molecule has 6 nitrogen and oxygen atoms in total.